The number of methoxy groups -OCH3 is 1. The van der Waals surface area contributed by atoms with Crippen LogP contribution in [0, 0.1) is 0 Å². The SMILES string of the molecule is COc1cc(CCO)cc(NC(=O)OC(C)(C)C)c1O. The number of nitrogens with one attached hydrogen (secondary N) is 1. The highest BCUT2D eigenvalue weighted by molar-refractivity contribution is 5.88. The smallest absolute Gasteiger partial charge is 0.412 e. The van der Waals surface area contributed by atoms with Crippen LogP contribution in [0.2, 0.25) is 0 Å². The van der Waals surface area contributed by atoms with Gasteiger partial charge < -0.3 is 19.7 Å². The average Bonchev–Trinajstić information content (AvgIpc) is 2.31. The molecule has 0 aliphatic rings. The first-order valence-corrected chi connectivity index (χ1v) is 6.27. The van der Waals surface area contributed by atoms with Gasteiger partial charge in [0.2, 0.25) is 0 Å². The van der Waals surface area contributed by atoms with Gasteiger partial charge in [0.15, 0.2) is 11.5 Å². The molecule has 20 heavy (non-hydrogen) atoms. The second-order valence-electron chi connectivity index (χ2n) is 5.29. The first-order valence-electron chi connectivity index (χ1n) is 6.27. The minimum absolute atomic E-state index is 0.0419. The molecule has 0 aromatic heterocycles. The number of carbonyl (C=O) groups excluding carboxylic acids is 1. The Kier molecular flexibility index (Phi) is 5.21. The van der Waals surface area contributed by atoms with Gasteiger partial charge in [0.05, 0.1) is 12.8 Å². The van der Waals surface area contributed by atoms with E-state index in [0.717, 1.165) is 5.56 Å². The van der Waals surface area contributed by atoms with Crippen LogP contribution in [0.3, 0.4) is 0 Å². The number of anilines is 1. The summed E-state index contributed by atoms with van der Waals surface area (Å²) in [6, 6.07) is 3.17. The molecule has 0 atom stereocenters. The summed E-state index contributed by atoms with van der Waals surface area (Å²) < 4.78 is 10.1. The molecular formula is C14H21NO5. The van der Waals surface area contributed by atoms with Crippen LogP contribution in [-0.2, 0) is 11.2 Å². The normalized spacial score (nSPS) is 11.1. The first kappa shape index (κ1) is 16.1. The van der Waals surface area contributed by atoms with Crippen molar-refractivity contribution in [3.05, 3.63) is 17.7 Å². The minimum Gasteiger partial charge on any atom is -0.503 e. The number of aliphatic hydroxyl groups is 1. The predicted octanol–water partition coefficient (Wildman–Crippen LogP) is 2.28. The quantitative estimate of drug-likeness (QED) is 0.738. The Morgan fingerprint density at radius 3 is 2.50 bits per heavy atom. The van der Waals surface area contributed by atoms with E-state index in [1.54, 1.807) is 32.9 Å². The van der Waals surface area contributed by atoms with Gasteiger partial charge in [-0.3, -0.25) is 5.32 Å². The van der Waals surface area contributed by atoms with E-state index in [0.29, 0.717) is 6.42 Å². The molecule has 1 amide bonds. The lowest BCUT2D eigenvalue weighted by molar-refractivity contribution is 0.0635. The molecule has 0 unspecified atom stereocenters. The number of aliphatic hydroxyl groups excluding tert-OH is 1. The summed E-state index contributed by atoms with van der Waals surface area (Å²) in [7, 11) is 1.41. The third-order valence-electron chi connectivity index (χ3n) is 2.39. The molecule has 0 bridgehead atoms. The van der Waals surface area contributed by atoms with Crippen LogP contribution in [0.4, 0.5) is 10.5 Å². The van der Waals surface area contributed by atoms with Crippen LogP contribution in [0.25, 0.3) is 0 Å². The molecule has 6 nitrogen and oxygen atoms in total. The zero-order valence-corrected chi connectivity index (χ0v) is 12.2. The average molecular weight is 283 g/mol. The van der Waals surface area contributed by atoms with Gasteiger partial charge in [0.1, 0.15) is 5.60 Å². The first-order chi connectivity index (χ1) is 9.26. The highest BCUT2D eigenvalue weighted by Gasteiger charge is 2.19. The largest absolute Gasteiger partial charge is 0.503 e. The maximum atomic E-state index is 11.7. The molecule has 0 saturated heterocycles. The molecule has 1 rings (SSSR count). The number of ether oxygens (including phenoxy) is 2. The minimum atomic E-state index is -0.670. The number of hydrogen-bond donors (Lipinski definition) is 3. The van der Waals surface area contributed by atoms with E-state index in [1.807, 2.05) is 0 Å². The van der Waals surface area contributed by atoms with Gasteiger partial charge in [-0.05, 0) is 44.9 Å². The summed E-state index contributed by atoms with van der Waals surface area (Å²) in [5, 5.41) is 21.4. The third-order valence-corrected chi connectivity index (χ3v) is 2.39. The fourth-order valence-electron chi connectivity index (χ4n) is 1.60. The van der Waals surface area contributed by atoms with Crippen molar-refractivity contribution in [3.63, 3.8) is 0 Å². The number of hydrogen-bond acceptors (Lipinski definition) is 5. The fourth-order valence-corrected chi connectivity index (χ4v) is 1.60. The second kappa shape index (κ2) is 6.47. The van der Waals surface area contributed by atoms with Crippen LogP contribution >= 0.6 is 0 Å². The summed E-state index contributed by atoms with van der Waals surface area (Å²) in [6.45, 7) is 5.19. The van der Waals surface area contributed by atoms with Gasteiger partial charge >= 0.3 is 6.09 Å². The number of carbonyl (C=O) groups is 1. The van der Waals surface area contributed by atoms with E-state index in [4.69, 9.17) is 14.6 Å². The van der Waals surface area contributed by atoms with Gasteiger partial charge in [-0.15, -0.1) is 0 Å². The lowest BCUT2D eigenvalue weighted by Crippen LogP contribution is -2.27. The molecular weight excluding hydrogens is 262 g/mol. The Hall–Kier alpha value is -1.95. The number of phenolic OH excluding ortho intramolecular Hbond substituents is 1. The zero-order chi connectivity index (χ0) is 15.3. The molecule has 0 spiro atoms. The molecule has 1 aromatic carbocycles. The Balaban J connectivity index is 2.98. The predicted molar refractivity (Wildman–Crippen MR) is 75.3 cm³/mol. The molecule has 3 N–H and O–H groups in total. The zero-order valence-electron chi connectivity index (χ0n) is 12.2. The molecule has 6 heteroatoms. The molecule has 0 heterocycles. The molecule has 0 saturated carbocycles. The van der Waals surface area contributed by atoms with Crippen molar-refractivity contribution in [2.45, 2.75) is 32.8 Å². The van der Waals surface area contributed by atoms with Gasteiger partial charge in [0, 0.05) is 6.61 Å². The Morgan fingerprint density at radius 2 is 2.00 bits per heavy atom. The number of benzene rings is 1. The van der Waals surface area contributed by atoms with E-state index < -0.39 is 11.7 Å². The number of amides is 1. The van der Waals surface area contributed by atoms with E-state index in [1.165, 1.54) is 7.11 Å². The van der Waals surface area contributed by atoms with Crippen LogP contribution in [-0.4, -0.2) is 35.6 Å². The van der Waals surface area contributed by atoms with E-state index in [-0.39, 0.29) is 23.8 Å². The highest BCUT2D eigenvalue weighted by atomic mass is 16.6. The summed E-state index contributed by atoms with van der Waals surface area (Å²) in [6.07, 6.45) is -0.282. The Labute approximate surface area is 118 Å². The van der Waals surface area contributed by atoms with E-state index in [9.17, 15) is 9.90 Å². The fraction of sp³-hybridized carbons (Fsp3) is 0.500. The highest BCUT2D eigenvalue weighted by Crippen LogP contribution is 2.35. The monoisotopic (exact) mass is 283 g/mol. The third kappa shape index (κ3) is 4.62. The van der Waals surface area contributed by atoms with E-state index in [2.05, 4.69) is 5.32 Å². The summed E-state index contributed by atoms with van der Waals surface area (Å²) >= 11 is 0. The number of aromatic hydroxyl groups is 1. The van der Waals surface area contributed by atoms with Crippen LogP contribution < -0.4 is 10.1 Å². The number of phenols is 1. The summed E-state index contributed by atoms with van der Waals surface area (Å²) in [4.78, 5) is 11.7. The van der Waals surface area contributed by atoms with Crippen molar-refractivity contribution < 1.29 is 24.5 Å². The topological polar surface area (TPSA) is 88.0 Å². The van der Waals surface area contributed by atoms with Crippen LogP contribution in [0.1, 0.15) is 26.3 Å². The van der Waals surface area contributed by atoms with Crippen molar-refractivity contribution in [1.82, 2.24) is 0 Å². The van der Waals surface area contributed by atoms with Crippen molar-refractivity contribution in [2.24, 2.45) is 0 Å². The van der Waals surface area contributed by atoms with Crippen molar-refractivity contribution >= 4 is 11.8 Å². The molecule has 0 fully saturated rings. The van der Waals surface area contributed by atoms with Gasteiger partial charge in [-0.1, -0.05) is 0 Å². The van der Waals surface area contributed by atoms with Crippen LogP contribution in [0.15, 0.2) is 12.1 Å². The summed E-state index contributed by atoms with van der Waals surface area (Å²) in [5.74, 6) is 0.0436. The van der Waals surface area contributed by atoms with Gasteiger partial charge in [-0.25, -0.2) is 4.79 Å². The van der Waals surface area contributed by atoms with E-state index >= 15 is 0 Å². The van der Waals surface area contributed by atoms with Crippen molar-refractivity contribution in [2.75, 3.05) is 19.0 Å². The maximum absolute atomic E-state index is 11.7. The lowest BCUT2D eigenvalue weighted by atomic mass is 10.1. The molecule has 1 aromatic rings. The molecule has 0 aliphatic carbocycles. The molecule has 112 valence electrons. The second-order valence-corrected chi connectivity index (χ2v) is 5.29. The number of rotatable bonds is 4. The van der Waals surface area contributed by atoms with Crippen molar-refractivity contribution in [3.8, 4) is 11.5 Å². The molecule has 0 radical (unpaired) electrons. The maximum Gasteiger partial charge on any atom is 0.412 e. The van der Waals surface area contributed by atoms with Gasteiger partial charge in [0.25, 0.3) is 0 Å². The summed E-state index contributed by atoms with van der Waals surface area (Å²) in [5.41, 5.74) is 0.280. The standard InChI is InChI=1S/C14H21NO5/c1-14(2,3)20-13(18)15-10-7-9(5-6-16)8-11(19-4)12(10)17/h7-8,16-17H,5-6H2,1-4H3,(H,15,18). The van der Waals surface area contributed by atoms with Crippen LogP contribution in [0.5, 0.6) is 11.5 Å². The Morgan fingerprint density at radius 1 is 1.35 bits per heavy atom. The molecule has 0 aliphatic heterocycles. The van der Waals surface area contributed by atoms with Crippen molar-refractivity contribution in [1.29, 1.82) is 0 Å². The Bertz CT molecular complexity index is 479. The van der Waals surface area contributed by atoms with Gasteiger partial charge in [-0.2, -0.15) is 0 Å². The lowest BCUT2D eigenvalue weighted by Gasteiger charge is -2.20.